The zero-order chi connectivity index (χ0) is 25.7. The normalized spacial score (nSPS) is 28.8. The first-order valence-corrected chi connectivity index (χ1v) is 14.0. The summed E-state index contributed by atoms with van der Waals surface area (Å²) in [5.41, 5.74) is 1.74. The number of hydrogen-bond donors (Lipinski definition) is 1. The molecule has 2 aromatic carbocycles. The molecule has 4 saturated carbocycles. The van der Waals surface area contributed by atoms with Crippen LogP contribution in [-0.4, -0.2) is 45.3 Å². The summed E-state index contributed by atoms with van der Waals surface area (Å²) in [5, 5.41) is 2.68. The number of rotatable bonds is 7. The first kappa shape index (κ1) is 25.0. The number of carbonyl (C=O) groups excluding carboxylic acids is 2. The van der Waals surface area contributed by atoms with E-state index < -0.39 is 28.0 Å². The first-order chi connectivity index (χ1) is 17.0. The van der Waals surface area contributed by atoms with Gasteiger partial charge in [-0.05, 0) is 86.0 Å². The van der Waals surface area contributed by atoms with Gasteiger partial charge in [0.25, 0.3) is 5.91 Å². The highest BCUT2D eigenvalue weighted by atomic mass is 32.2. The lowest BCUT2D eigenvalue weighted by molar-refractivity contribution is -0.175. The maximum absolute atomic E-state index is 13.4. The van der Waals surface area contributed by atoms with Gasteiger partial charge in [-0.2, -0.15) is 0 Å². The minimum Gasteiger partial charge on any atom is -0.455 e. The minimum atomic E-state index is -3.65. The summed E-state index contributed by atoms with van der Waals surface area (Å²) >= 11 is 0. The number of anilines is 1. The number of aryl methyl sites for hydroxylation is 1. The van der Waals surface area contributed by atoms with Gasteiger partial charge in [0.15, 0.2) is 6.61 Å². The molecule has 192 valence electrons. The number of ether oxygens (including phenoxy) is 1. The number of hydrogen-bond acceptors (Lipinski definition) is 5. The van der Waals surface area contributed by atoms with Crippen LogP contribution in [0.15, 0.2) is 53.4 Å². The van der Waals surface area contributed by atoms with Crippen LogP contribution in [0.3, 0.4) is 0 Å². The second-order valence-corrected chi connectivity index (χ2v) is 13.4. The monoisotopic (exact) mass is 510 g/mol. The zero-order valence-electron chi connectivity index (χ0n) is 21.1. The van der Waals surface area contributed by atoms with Crippen LogP contribution in [0.25, 0.3) is 0 Å². The van der Waals surface area contributed by atoms with Crippen LogP contribution in [0.2, 0.25) is 0 Å². The van der Waals surface area contributed by atoms with Crippen molar-refractivity contribution in [2.45, 2.75) is 55.8 Å². The molecule has 4 aliphatic carbocycles. The summed E-state index contributed by atoms with van der Waals surface area (Å²) in [6, 6.07) is 15.3. The summed E-state index contributed by atoms with van der Waals surface area (Å²) in [4.78, 5) is 26.2. The van der Waals surface area contributed by atoms with E-state index in [0.717, 1.165) is 36.4 Å². The van der Waals surface area contributed by atoms with Gasteiger partial charge in [0, 0.05) is 19.8 Å². The van der Waals surface area contributed by atoms with Crippen LogP contribution >= 0.6 is 0 Å². The van der Waals surface area contributed by atoms with Crippen molar-refractivity contribution >= 4 is 27.6 Å². The van der Waals surface area contributed by atoms with E-state index in [-0.39, 0.29) is 16.3 Å². The molecule has 0 heterocycles. The number of nitrogens with one attached hydrogen (secondary N) is 1. The fraction of sp³-hybridized carbons (Fsp3) is 0.500. The molecule has 4 fully saturated rings. The van der Waals surface area contributed by atoms with Gasteiger partial charge < -0.3 is 10.1 Å². The van der Waals surface area contributed by atoms with Gasteiger partial charge in [0.05, 0.1) is 10.3 Å². The van der Waals surface area contributed by atoms with Crippen LogP contribution in [-0.2, 0) is 29.8 Å². The second kappa shape index (κ2) is 8.99. The Balaban J connectivity index is 1.27. The maximum Gasteiger partial charge on any atom is 0.312 e. The molecular weight excluding hydrogens is 476 g/mol. The van der Waals surface area contributed by atoms with E-state index in [1.807, 2.05) is 6.07 Å². The highest BCUT2D eigenvalue weighted by molar-refractivity contribution is 7.89. The Morgan fingerprint density at radius 1 is 1.03 bits per heavy atom. The summed E-state index contributed by atoms with van der Waals surface area (Å²) in [5.74, 6) is 0.268. The predicted octanol–water partition coefficient (Wildman–Crippen LogP) is 4.27. The zero-order valence-corrected chi connectivity index (χ0v) is 21.9. The van der Waals surface area contributed by atoms with E-state index in [9.17, 15) is 18.0 Å². The van der Waals surface area contributed by atoms with Crippen molar-refractivity contribution in [2.24, 2.45) is 17.3 Å². The molecule has 0 aromatic heterocycles. The van der Waals surface area contributed by atoms with Crippen molar-refractivity contribution in [1.29, 1.82) is 0 Å². The van der Waals surface area contributed by atoms with E-state index in [0.29, 0.717) is 23.1 Å². The lowest BCUT2D eigenvalue weighted by Gasteiger charge is -2.61. The van der Waals surface area contributed by atoms with Crippen molar-refractivity contribution in [1.82, 2.24) is 4.31 Å². The van der Waals surface area contributed by atoms with Crippen molar-refractivity contribution < 1.29 is 22.7 Å². The van der Waals surface area contributed by atoms with Gasteiger partial charge in [0.1, 0.15) is 0 Å². The number of benzene rings is 2. The smallest absolute Gasteiger partial charge is 0.312 e. The van der Waals surface area contributed by atoms with Crippen molar-refractivity contribution in [3.05, 3.63) is 59.7 Å². The third kappa shape index (κ3) is 4.34. The molecule has 2 unspecified atom stereocenters. The molecule has 0 saturated heterocycles. The number of esters is 1. The van der Waals surface area contributed by atoms with Gasteiger partial charge >= 0.3 is 5.97 Å². The third-order valence-corrected chi connectivity index (χ3v) is 10.4. The van der Waals surface area contributed by atoms with Gasteiger partial charge in [-0.15, -0.1) is 0 Å². The molecular formula is C28H34N2O5S. The summed E-state index contributed by atoms with van der Waals surface area (Å²) < 4.78 is 31.9. The molecule has 7 nitrogen and oxygen atoms in total. The molecule has 8 heteroatoms. The van der Waals surface area contributed by atoms with Crippen molar-refractivity contribution in [3.8, 4) is 0 Å². The van der Waals surface area contributed by atoms with E-state index in [1.165, 1.54) is 32.1 Å². The summed E-state index contributed by atoms with van der Waals surface area (Å²) in [6.45, 7) is 1.31. The second-order valence-electron chi connectivity index (χ2n) is 11.3. The Labute approximate surface area is 213 Å². The molecule has 36 heavy (non-hydrogen) atoms. The van der Waals surface area contributed by atoms with Crippen LogP contribution in [0.4, 0.5) is 5.69 Å². The largest absolute Gasteiger partial charge is 0.455 e. The van der Waals surface area contributed by atoms with Crippen LogP contribution in [0, 0.1) is 24.2 Å². The molecule has 1 N–H and O–H groups in total. The molecule has 4 atom stereocenters. The quantitative estimate of drug-likeness (QED) is 0.562. The SMILES string of the molecule is Cc1ccc(NC(=O)COC(=O)C23C[C@H]4C[C@@H](C2)CC(c2ccccc2)(C4)C3)cc1S(=O)(=O)N(C)C. The molecule has 6 rings (SSSR count). The maximum atomic E-state index is 13.4. The lowest BCUT2D eigenvalue weighted by Crippen LogP contribution is -2.57. The number of sulfonamides is 1. The summed E-state index contributed by atoms with van der Waals surface area (Å²) in [7, 11) is -0.721. The Morgan fingerprint density at radius 3 is 2.33 bits per heavy atom. The fourth-order valence-corrected chi connectivity index (χ4v) is 8.41. The minimum absolute atomic E-state index is 0.0167. The Bertz CT molecular complexity index is 1270. The Kier molecular flexibility index (Phi) is 6.24. The average Bonchev–Trinajstić information content (AvgIpc) is 2.83. The number of amides is 1. The van der Waals surface area contributed by atoms with E-state index >= 15 is 0 Å². The highest BCUT2D eigenvalue weighted by Gasteiger charge is 2.61. The van der Waals surface area contributed by atoms with E-state index in [4.69, 9.17) is 4.74 Å². The van der Waals surface area contributed by atoms with Crippen LogP contribution in [0.1, 0.15) is 49.7 Å². The van der Waals surface area contributed by atoms with Gasteiger partial charge in [-0.25, -0.2) is 12.7 Å². The topological polar surface area (TPSA) is 92.8 Å². The predicted molar refractivity (Wildman–Crippen MR) is 137 cm³/mol. The molecule has 0 aliphatic heterocycles. The van der Waals surface area contributed by atoms with Gasteiger partial charge in [-0.1, -0.05) is 36.4 Å². The summed E-state index contributed by atoms with van der Waals surface area (Å²) in [6.07, 6.45) is 5.87. The number of carbonyl (C=O) groups is 2. The van der Waals surface area contributed by atoms with Gasteiger partial charge in [0.2, 0.25) is 10.0 Å². The molecule has 4 aliphatic rings. The lowest BCUT2D eigenvalue weighted by atomic mass is 9.43. The van der Waals surface area contributed by atoms with Crippen LogP contribution in [0.5, 0.6) is 0 Å². The van der Waals surface area contributed by atoms with E-state index in [2.05, 4.69) is 29.6 Å². The first-order valence-electron chi connectivity index (χ1n) is 12.6. The standard InChI is InChI=1S/C28H34N2O5S/c1-19-9-10-23(12-24(19)36(33,34)30(2)3)29-25(31)17-35-26(32)28-15-20-11-21(16-28)14-27(13-20,18-28)22-7-5-4-6-8-22/h4-10,12,20-21H,11,13-18H2,1-3H3,(H,29,31)/t20-,21+,27?,28?. The number of nitrogens with zero attached hydrogens (tertiary/aromatic N) is 1. The molecule has 0 radical (unpaired) electrons. The third-order valence-electron chi connectivity index (χ3n) is 8.45. The van der Waals surface area contributed by atoms with Crippen molar-refractivity contribution in [3.63, 3.8) is 0 Å². The van der Waals surface area contributed by atoms with Crippen molar-refractivity contribution in [2.75, 3.05) is 26.0 Å². The van der Waals surface area contributed by atoms with E-state index in [1.54, 1.807) is 19.1 Å². The molecule has 4 bridgehead atoms. The molecule has 2 aromatic rings. The average molecular weight is 511 g/mol. The highest BCUT2D eigenvalue weighted by Crippen LogP contribution is 2.66. The van der Waals surface area contributed by atoms with Crippen LogP contribution < -0.4 is 5.32 Å². The van der Waals surface area contributed by atoms with Gasteiger partial charge in [-0.3, -0.25) is 9.59 Å². The Morgan fingerprint density at radius 2 is 1.69 bits per heavy atom. The fourth-order valence-electron chi connectivity index (χ4n) is 7.26. The Hall–Kier alpha value is -2.71. The molecule has 0 spiro atoms. The molecule has 1 amide bonds.